The first-order valence-electron chi connectivity index (χ1n) is 10.2. The highest BCUT2D eigenvalue weighted by Crippen LogP contribution is 2.31. The molecule has 1 N–H and O–H groups in total. The number of carbonyl (C=O) groups excluding carboxylic acids is 1. The molecule has 12 heteroatoms. The van der Waals surface area contributed by atoms with Crippen molar-refractivity contribution in [3.05, 3.63) is 69.6 Å². The van der Waals surface area contributed by atoms with Crippen LogP contribution in [0.1, 0.15) is 16.1 Å². The molecule has 0 bridgehead atoms. The van der Waals surface area contributed by atoms with Crippen LogP contribution in [0.15, 0.2) is 47.7 Å². The summed E-state index contributed by atoms with van der Waals surface area (Å²) in [6.07, 6.45) is -0.868. The lowest BCUT2D eigenvalue weighted by Gasteiger charge is -2.28. The Bertz CT molecular complexity index is 1290. The number of pyridine rings is 3. The number of nitrogens with one attached hydrogen (secondary N) is 1. The van der Waals surface area contributed by atoms with Crippen LogP contribution in [0, 0.1) is 0 Å². The minimum Gasteiger partial charge on any atom is -0.378 e. The van der Waals surface area contributed by atoms with Gasteiger partial charge in [-0.1, -0.05) is 11.6 Å². The molecule has 0 atom stereocenters. The first-order valence-corrected chi connectivity index (χ1v) is 10.5. The molecule has 3 aromatic rings. The molecule has 1 fully saturated rings. The van der Waals surface area contributed by atoms with Crippen LogP contribution in [0.3, 0.4) is 0 Å². The van der Waals surface area contributed by atoms with Gasteiger partial charge in [-0.15, -0.1) is 0 Å². The number of nitrogens with zero attached hydrogens (tertiary/aromatic N) is 4. The number of rotatable bonds is 4. The van der Waals surface area contributed by atoms with E-state index in [1.807, 2.05) is 4.90 Å². The maximum atomic E-state index is 12.9. The summed E-state index contributed by atoms with van der Waals surface area (Å²) in [5.41, 5.74) is 0.154. The van der Waals surface area contributed by atoms with Crippen molar-refractivity contribution in [2.24, 2.45) is 7.05 Å². The maximum Gasteiger partial charge on any atom is 0.433 e. The zero-order valence-corrected chi connectivity index (χ0v) is 18.7. The number of aryl methyl sites for hydroxylation is 1. The van der Waals surface area contributed by atoms with Crippen LogP contribution in [0.2, 0.25) is 5.15 Å². The molecule has 0 radical (unpaired) electrons. The van der Waals surface area contributed by atoms with E-state index in [0.29, 0.717) is 49.2 Å². The number of ether oxygens (including phenoxy) is 1. The highest BCUT2D eigenvalue weighted by Gasteiger charge is 2.33. The summed E-state index contributed by atoms with van der Waals surface area (Å²) in [6, 6.07) is 5.08. The summed E-state index contributed by atoms with van der Waals surface area (Å²) >= 11 is 6.31. The van der Waals surface area contributed by atoms with Gasteiger partial charge >= 0.3 is 6.18 Å². The number of amides is 1. The third kappa shape index (κ3) is 5.05. The number of hydrogen-bond donors (Lipinski definition) is 1. The zero-order valence-electron chi connectivity index (χ0n) is 17.9. The lowest BCUT2D eigenvalue weighted by Crippen LogP contribution is -2.40. The fourth-order valence-electron chi connectivity index (χ4n) is 3.52. The standard InChI is InChI=1S/C22H19ClF3N5O3/c1-30-12-14(8-17(21(30)33)31-4-6-34-7-5-31)16-10-15(11-28-19(16)23)29-20(32)13-2-3-27-18(9-13)22(24,25)26/h2-3,8-12H,4-7H2,1H3,(H,29,32). The Morgan fingerprint density at radius 1 is 1.18 bits per heavy atom. The van der Waals surface area contributed by atoms with Crippen molar-refractivity contribution in [1.82, 2.24) is 14.5 Å². The predicted octanol–water partition coefficient (Wildman–Crippen LogP) is 3.60. The fraction of sp³-hybridized carbons (Fsp3) is 0.273. The summed E-state index contributed by atoms with van der Waals surface area (Å²) in [7, 11) is 1.62. The summed E-state index contributed by atoms with van der Waals surface area (Å²) in [6.45, 7) is 2.13. The molecule has 3 aromatic heterocycles. The Balaban J connectivity index is 1.65. The van der Waals surface area contributed by atoms with E-state index in [4.69, 9.17) is 16.3 Å². The van der Waals surface area contributed by atoms with E-state index < -0.39 is 17.8 Å². The second-order valence-corrected chi connectivity index (χ2v) is 7.93. The molecule has 0 aromatic carbocycles. The molecule has 0 unspecified atom stereocenters. The van der Waals surface area contributed by atoms with E-state index in [9.17, 15) is 22.8 Å². The molecule has 178 valence electrons. The summed E-state index contributed by atoms with van der Waals surface area (Å²) in [5.74, 6) is -0.766. The third-order valence-corrected chi connectivity index (χ3v) is 5.54. The Morgan fingerprint density at radius 2 is 1.91 bits per heavy atom. The van der Waals surface area contributed by atoms with Crippen LogP contribution in [0.4, 0.5) is 24.5 Å². The highest BCUT2D eigenvalue weighted by atomic mass is 35.5. The van der Waals surface area contributed by atoms with Crippen molar-refractivity contribution in [1.29, 1.82) is 0 Å². The lowest BCUT2D eigenvalue weighted by molar-refractivity contribution is -0.141. The average Bonchev–Trinajstić information content (AvgIpc) is 2.82. The quantitative estimate of drug-likeness (QED) is 0.559. The third-order valence-electron chi connectivity index (χ3n) is 5.24. The minimum atomic E-state index is -4.67. The van der Waals surface area contributed by atoms with Crippen LogP contribution >= 0.6 is 11.6 Å². The number of anilines is 2. The molecular weight excluding hydrogens is 475 g/mol. The molecule has 1 aliphatic rings. The average molecular weight is 494 g/mol. The minimum absolute atomic E-state index is 0.132. The van der Waals surface area contributed by atoms with Gasteiger partial charge in [-0.3, -0.25) is 14.6 Å². The van der Waals surface area contributed by atoms with E-state index in [1.54, 1.807) is 25.4 Å². The zero-order chi connectivity index (χ0) is 24.5. The normalized spacial score (nSPS) is 14.2. The van der Waals surface area contributed by atoms with Crippen LogP contribution in [-0.2, 0) is 18.0 Å². The summed E-state index contributed by atoms with van der Waals surface area (Å²) in [5, 5.41) is 2.66. The molecule has 0 saturated carbocycles. The van der Waals surface area contributed by atoms with Crippen molar-refractivity contribution in [2.45, 2.75) is 6.18 Å². The van der Waals surface area contributed by atoms with Crippen molar-refractivity contribution < 1.29 is 22.7 Å². The number of hydrogen-bond acceptors (Lipinski definition) is 6. The molecule has 0 spiro atoms. The van der Waals surface area contributed by atoms with Gasteiger partial charge in [0, 0.05) is 49.2 Å². The Morgan fingerprint density at radius 3 is 2.62 bits per heavy atom. The molecule has 4 heterocycles. The molecule has 8 nitrogen and oxygen atoms in total. The van der Waals surface area contributed by atoms with E-state index >= 15 is 0 Å². The van der Waals surface area contributed by atoms with Gasteiger partial charge in [0.2, 0.25) is 0 Å². The summed E-state index contributed by atoms with van der Waals surface area (Å²) < 4.78 is 45.5. The van der Waals surface area contributed by atoms with Gasteiger partial charge in [-0.05, 0) is 24.3 Å². The van der Waals surface area contributed by atoms with E-state index in [2.05, 4.69) is 15.3 Å². The topological polar surface area (TPSA) is 89.3 Å². The molecule has 1 aliphatic heterocycles. The molecule has 1 amide bonds. The maximum absolute atomic E-state index is 12.9. The predicted molar refractivity (Wildman–Crippen MR) is 120 cm³/mol. The SMILES string of the molecule is Cn1cc(-c2cc(NC(=O)c3ccnc(C(F)(F)F)c3)cnc2Cl)cc(N2CCOCC2)c1=O. The van der Waals surface area contributed by atoms with E-state index in [1.165, 1.54) is 16.8 Å². The monoisotopic (exact) mass is 493 g/mol. The molecule has 34 heavy (non-hydrogen) atoms. The van der Waals surface area contributed by atoms with Crippen LogP contribution in [-0.4, -0.2) is 46.7 Å². The van der Waals surface area contributed by atoms with Crippen LogP contribution in [0.25, 0.3) is 11.1 Å². The second-order valence-electron chi connectivity index (χ2n) is 7.57. The first kappa shape index (κ1) is 23.7. The first-order chi connectivity index (χ1) is 16.1. The van der Waals surface area contributed by atoms with Gasteiger partial charge in [0.05, 0.1) is 25.1 Å². The van der Waals surface area contributed by atoms with Crippen molar-refractivity contribution >= 4 is 28.9 Å². The smallest absolute Gasteiger partial charge is 0.378 e. The van der Waals surface area contributed by atoms with Gasteiger partial charge in [0.25, 0.3) is 11.5 Å². The number of alkyl halides is 3. The van der Waals surface area contributed by atoms with E-state index in [0.717, 1.165) is 6.20 Å². The van der Waals surface area contributed by atoms with Crippen molar-refractivity contribution in [3.8, 4) is 11.1 Å². The van der Waals surface area contributed by atoms with Crippen molar-refractivity contribution in [2.75, 3.05) is 36.5 Å². The van der Waals surface area contributed by atoms with Crippen LogP contribution < -0.4 is 15.8 Å². The Kier molecular flexibility index (Phi) is 6.58. The van der Waals surface area contributed by atoms with Crippen molar-refractivity contribution in [3.63, 3.8) is 0 Å². The van der Waals surface area contributed by atoms with Gasteiger partial charge in [0.1, 0.15) is 16.5 Å². The van der Waals surface area contributed by atoms with E-state index in [-0.39, 0.29) is 22.0 Å². The van der Waals surface area contributed by atoms with Gasteiger partial charge in [0.15, 0.2) is 0 Å². The Labute approximate surface area is 197 Å². The second kappa shape index (κ2) is 9.43. The highest BCUT2D eigenvalue weighted by molar-refractivity contribution is 6.32. The van der Waals surface area contributed by atoms with Gasteiger partial charge in [-0.2, -0.15) is 13.2 Å². The number of carbonyl (C=O) groups is 1. The Hall–Kier alpha value is -3.44. The molecular formula is C22H19ClF3N5O3. The number of aromatic nitrogens is 3. The molecule has 0 aliphatic carbocycles. The molecule has 4 rings (SSSR count). The lowest BCUT2D eigenvalue weighted by atomic mass is 10.1. The summed E-state index contributed by atoms with van der Waals surface area (Å²) in [4.78, 5) is 34.5. The number of morpholine rings is 1. The fourth-order valence-corrected chi connectivity index (χ4v) is 3.73. The molecule has 1 saturated heterocycles. The largest absolute Gasteiger partial charge is 0.433 e. The van der Waals surface area contributed by atoms with Gasteiger partial charge in [-0.25, -0.2) is 4.98 Å². The number of halogens is 4. The van der Waals surface area contributed by atoms with Gasteiger partial charge < -0.3 is 19.5 Å². The van der Waals surface area contributed by atoms with Crippen LogP contribution in [0.5, 0.6) is 0 Å².